The van der Waals surface area contributed by atoms with Crippen LogP contribution in [-0.2, 0) is 26.3 Å². The molecule has 11 heteroatoms. The molecule has 2 aliphatic heterocycles. The van der Waals surface area contributed by atoms with Gasteiger partial charge in [0.25, 0.3) is 5.91 Å². The van der Waals surface area contributed by atoms with Crippen LogP contribution < -0.4 is 10.0 Å². The Kier molecular flexibility index (Phi) is 13.0. The molecule has 1 spiro atoms. The van der Waals surface area contributed by atoms with Crippen molar-refractivity contribution in [3.05, 3.63) is 107 Å². The summed E-state index contributed by atoms with van der Waals surface area (Å²) in [5.74, 6) is -2.45. The van der Waals surface area contributed by atoms with Gasteiger partial charge in [0, 0.05) is 63.9 Å². The standard InChI is InChI=1S/C33H39Cl2N3O2.C4H4O4/c1-24(39)38-19-15-25-8-6-7-11-29(25)33(38)16-20-37(21-17-33)18-14-28(27-12-13-30(34)31(35)22-27)23-36(2)32(40)26-9-4-3-5-10-26;5-3(6)1-2-4(7)8/h3-13,22,28,30-31H,14-21,23H2,1-2H3;1-2H,(H,5,6)(H,7,8)/b;2-1+. The molecular formula is C37H43Cl2N3O6. The molecule has 1 aliphatic carbocycles. The van der Waals surface area contributed by atoms with E-state index in [1.54, 1.807) is 11.8 Å². The fourth-order valence-corrected chi connectivity index (χ4v) is 7.43. The molecule has 3 atom stereocenters. The average molecular weight is 697 g/mol. The lowest BCUT2D eigenvalue weighted by molar-refractivity contribution is -0.907. The summed E-state index contributed by atoms with van der Waals surface area (Å²) in [6.07, 6.45) is 10.9. The van der Waals surface area contributed by atoms with E-state index in [9.17, 15) is 24.3 Å². The van der Waals surface area contributed by atoms with Gasteiger partial charge in [-0.25, -0.2) is 4.79 Å². The molecule has 48 heavy (non-hydrogen) atoms. The Balaban J connectivity index is 0.000000579. The predicted molar refractivity (Wildman–Crippen MR) is 184 cm³/mol. The van der Waals surface area contributed by atoms with Crippen LogP contribution in [0.25, 0.3) is 0 Å². The Labute approximate surface area is 292 Å². The lowest BCUT2D eigenvalue weighted by Crippen LogP contribution is -3.13. The number of nitrogens with zero attached hydrogens (tertiary/aromatic N) is 2. The number of halogens is 2. The van der Waals surface area contributed by atoms with Crippen molar-refractivity contribution in [2.75, 3.05) is 39.8 Å². The Morgan fingerprint density at radius 1 is 1.04 bits per heavy atom. The third-order valence-electron chi connectivity index (χ3n) is 9.47. The van der Waals surface area contributed by atoms with Crippen molar-refractivity contribution in [3.63, 3.8) is 0 Å². The third-order valence-corrected chi connectivity index (χ3v) is 10.4. The normalized spacial score (nSPS) is 23.8. The van der Waals surface area contributed by atoms with Gasteiger partial charge in [-0.3, -0.25) is 9.59 Å². The van der Waals surface area contributed by atoms with Gasteiger partial charge in [-0.15, -0.1) is 23.2 Å². The fraction of sp³-hybridized carbons (Fsp3) is 0.405. The van der Waals surface area contributed by atoms with Gasteiger partial charge in [-0.05, 0) is 41.3 Å². The average Bonchev–Trinajstić information content (AvgIpc) is 3.08. The summed E-state index contributed by atoms with van der Waals surface area (Å²) in [6.45, 7) is 6.16. The van der Waals surface area contributed by atoms with Crippen LogP contribution in [0.1, 0.15) is 47.7 Å². The monoisotopic (exact) mass is 695 g/mol. The molecule has 3 unspecified atom stereocenters. The lowest BCUT2D eigenvalue weighted by Gasteiger charge is -2.51. The first-order chi connectivity index (χ1) is 22.9. The van der Waals surface area contributed by atoms with Crippen LogP contribution in [0.15, 0.2) is 90.6 Å². The number of nitrogens with one attached hydrogen (secondary N) is 1. The number of alkyl halides is 2. The first kappa shape index (κ1) is 36.9. The quantitative estimate of drug-likeness (QED) is 0.308. The van der Waals surface area contributed by atoms with E-state index in [1.165, 1.54) is 11.1 Å². The smallest absolute Gasteiger partial charge is 0.328 e. The highest BCUT2D eigenvalue weighted by Crippen LogP contribution is 2.41. The molecule has 0 saturated carbocycles. The van der Waals surface area contributed by atoms with E-state index in [1.807, 2.05) is 48.4 Å². The summed E-state index contributed by atoms with van der Waals surface area (Å²) in [6, 6.07) is 18.1. The van der Waals surface area contributed by atoms with Crippen molar-refractivity contribution >= 4 is 47.0 Å². The predicted octanol–water partition coefficient (Wildman–Crippen LogP) is 2.83. The van der Waals surface area contributed by atoms with Gasteiger partial charge in [0.2, 0.25) is 5.91 Å². The molecule has 2 N–H and O–H groups in total. The zero-order chi connectivity index (χ0) is 34.8. The molecule has 0 radical (unpaired) electrons. The van der Waals surface area contributed by atoms with Crippen LogP contribution in [0.4, 0.5) is 0 Å². The number of carbonyl (C=O) groups excluding carboxylic acids is 3. The molecule has 9 nitrogen and oxygen atoms in total. The van der Waals surface area contributed by atoms with Crippen molar-refractivity contribution in [2.24, 2.45) is 5.92 Å². The number of likely N-dealkylation sites (tertiary alicyclic amines) is 1. The minimum atomic E-state index is -1.51. The minimum absolute atomic E-state index is 0.0242. The highest BCUT2D eigenvalue weighted by molar-refractivity contribution is 6.31. The maximum absolute atomic E-state index is 13.1. The molecular weight excluding hydrogens is 653 g/mol. The number of benzene rings is 2. The molecule has 1 fully saturated rings. The van der Waals surface area contributed by atoms with E-state index >= 15 is 0 Å². The Morgan fingerprint density at radius 3 is 2.31 bits per heavy atom. The van der Waals surface area contributed by atoms with Gasteiger partial charge in [-0.2, -0.15) is 0 Å². The van der Waals surface area contributed by atoms with Gasteiger partial charge in [0.1, 0.15) is 0 Å². The van der Waals surface area contributed by atoms with Gasteiger partial charge < -0.3 is 29.7 Å². The Hall–Kier alpha value is -3.92. The summed E-state index contributed by atoms with van der Waals surface area (Å²) in [5.41, 5.74) is 4.39. The number of carbonyl (C=O) groups is 4. The first-order valence-electron chi connectivity index (χ1n) is 16.2. The zero-order valence-corrected chi connectivity index (χ0v) is 28.8. The van der Waals surface area contributed by atoms with E-state index in [0.29, 0.717) is 24.3 Å². The molecule has 1 saturated heterocycles. The fourth-order valence-electron chi connectivity index (χ4n) is 7.06. The molecule has 256 valence electrons. The van der Waals surface area contributed by atoms with Crippen LogP contribution in [0.3, 0.4) is 0 Å². The van der Waals surface area contributed by atoms with E-state index in [0.717, 1.165) is 57.4 Å². The molecule has 3 aliphatic rings. The van der Waals surface area contributed by atoms with Crippen LogP contribution >= 0.6 is 23.2 Å². The maximum atomic E-state index is 13.1. The van der Waals surface area contributed by atoms with Gasteiger partial charge in [0.05, 0.1) is 41.9 Å². The van der Waals surface area contributed by atoms with Crippen molar-refractivity contribution in [1.82, 2.24) is 9.80 Å². The summed E-state index contributed by atoms with van der Waals surface area (Å²) in [7, 11) is 1.88. The summed E-state index contributed by atoms with van der Waals surface area (Å²) in [5, 5.41) is 16.7. The number of quaternary nitrogens is 1. The van der Waals surface area contributed by atoms with Crippen LogP contribution in [0, 0.1) is 5.92 Å². The zero-order valence-electron chi connectivity index (χ0n) is 27.3. The number of amides is 2. The number of carboxylic acid groups (broad SMARTS) is 2. The second-order valence-corrected chi connectivity index (χ2v) is 13.6. The molecule has 5 rings (SSSR count). The minimum Gasteiger partial charge on any atom is -0.545 e. The van der Waals surface area contributed by atoms with Gasteiger partial charge in [-0.1, -0.05) is 60.7 Å². The topological polar surface area (TPSA) is 122 Å². The number of allylic oxidation sites excluding steroid dienone is 3. The molecule has 2 heterocycles. The molecule has 2 aromatic carbocycles. The number of aliphatic carboxylic acids is 2. The van der Waals surface area contributed by atoms with Crippen molar-refractivity contribution in [1.29, 1.82) is 0 Å². The SMILES string of the molecule is CC(=O)N1CCc2ccccc2C12CC[NH+](CCC(CN(C)C(=O)c1ccccc1)C1=CC(Cl)C(Cl)C=C1)CC2.O=C([O-])/C=C/C(=O)O. The number of hydrogen-bond donors (Lipinski definition) is 2. The van der Waals surface area contributed by atoms with E-state index in [4.69, 9.17) is 28.3 Å². The molecule has 2 amide bonds. The van der Waals surface area contributed by atoms with Crippen LogP contribution in [-0.4, -0.2) is 89.2 Å². The summed E-state index contributed by atoms with van der Waals surface area (Å²) < 4.78 is 0. The third kappa shape index (κ3) is 9.36. The van der Waals surface area contributed by atoms with E-state index < -0.39 is 11.9 Å². The lowest BCUT2D eigenvalue weighted by atomic mass is 9.74. The Bertz CT molecular complexity index is 1540. The highest BCUT2D eigenvalue weighted by atomic mass is 35.5. The Morgan fingerprint density at radius 2 is 1.71 bits per heavy atom. The van der Waals surface area contributed by atoms with Crippen LogP contribution in [0.5, 0.6) is 0 Å². The summed E-state index contributed by atoms with van der Waals surface area (Å²) >= 11 is 12.9. The molecule has 2 aromatic rings. The first-order valence-corrected chi connectivity index (χ1v) is 17.1. The number of rotatable bonds is 9. The van der Waals surface area contributed by atoms with Crippen molar-refractivity contribution < 1.29 is 34.3 Å². The van der Waals surface area contributed by atoms with E-state index in [-0.39, 0.29) is 34.0 Å². The summed E-state index contributed by atoms with van der Waals surface area (Å²) in [4.78, 5) is 50.4. The molecule has 0 aromatic heterocycles. The second-order valence-electron chi connectivity index (χ2n) is 12.6. The van der Waals surface area contributed by atoms with Gasteiger partial charge in [0.15, 0.2) is 0 Å². The second kappa shape index (κ2) is 17.0. The molecule has 0 bridgehead atoms. The maximum Gasteiger partial charge on any atom is 0.328 e. The van der Waals surface area contributed by atoms with Crippen LogP contribution in [0.2, 0.25) is 0 Å². The number of fused-ring (bicyclic) bond motifs is 2. The number of carboxylic acids is 2. The van der Waals surface area contributed by atoms with Crippen molar-refractivity contribution in [2.45, 2.75) is 48.9 Å². The van der Waals surface area contributed by atoms with Gasteiger partial charge >= 0.3 is 5.97 Å². The number of hydrogen-bond acceptors (Lipinski definition) is 5. The van der Waals surface area contributed by atoms with E-state index in [2.05, 4.69) is 41.3 Å². The van der Waals surface area contributed by atoms with Crippen molar-refractivity contribution in [3.8, 4) is 0 Å². The number of piperidine rings is 1. The highest BCUT2D eigenvalue weighted by Gasteiger charge is 2.47. The largest absolute Gasteiger partial charge is 0.545 e.